The van der Waals surface area contributed by atoms with E-state index in [9.17, 15) is 19.2 Å². The molecule has 0 aliphatic rings. The average molecular weight is 418 g/mol. The Morgan fingerprint density at radius 2 is 1.13 bits per heavy atom. The fourth-order valence-corrected chi connectivity index (χ4v) is 2.98. The number of aromatic nitrogens is 2. The summed E-state index contributed by atoms with van der Waals surface area (Å²) in [6.07, 6.45) is 4.40. The molecule has 0 bridgehead atoms. The Morgan fingerprint density at radius 1 is 0.767 bits per heavy atom. The van der Waals surface area contributed by atoms with Gasteiger partial charge in [0.25, 0.3) is 0 Å². The zero-order valence-corrected chi connectivity index (χ0v) is 17.4. The van der Waals surface area contributed by atoms with Crippen molar-refractivity contribution >= 4 is 35.1 Å². The first-order valence-corrected chi connectivity index (χ1v) is 9.40. The summed E-state index contributed by atoms with van der Waals surface area (Å²) in [7, 11) is 2.54. The lowest BCUT2D eigenvalue weighted by Crippen LogP contribution is -2.16. The summed E-state index contributed by atoms with van der Waals surface area (Å²) >= 11 is 0. The smallest absolute Gasteiger partial charge is 0.341 e. The van der Waals surface area contributed by atoms with Crippen LogP contribution in [-0.4, -0.2) is 47.9 Å². The van der Waals surface area contributed by atoms with E-state index < -0.39 is 11.9 Å². The number of esters is 2. The molecule has 0 aromatic carbocycles. The Morgan fingerprint density at radius 3 is 1.47 bits per heavy atom. The predicted molar refractivity (Wildman–Crippen MR) is 109 cm³/mol. The van der Waals surface area contributed by atoms with Crippen molar-refractivity contribution in [1.29, 1.82) is 0 Å². The highest BCUT2D eigenvalue weighted by atomic mass is 16.5. The summed E-state index contributed by atoms with van der Waals surface area (Å²) in [5, 5.41) is 5.35. The van der Waals surface area contributed by atoms with Gasteiger partial charge in [-0.15, -0.1) is 0 Å². The number of ether oxygens (including phenoxy) is 2. The molecule has 10 heteroatoms. The van der Waals surface area contributed by atoms with Gasteiger partial charge < -0.3 is 30.1 Å². The molecular weight excluding hydrogens is 392 g/mol. The number of carbonyl (C=O) groups is 4. The molecule has 0 unspecified atom stereocenters. The Bertz CT molecular complexity index is 867. The third-order valence-electron chi connectivity index (χ3n) is 4.54. The molecule has 4 N–H and O–H groups in total. The van der Waals surface area contributed by atoms with Gasteiger partial charge in [-0.1, -0.05) is 0 Å². The van der Waals surface area contributed by atoms with E-state index in [4.69, 9.17) is 9.47 Å². The summed E-state index contributed by atoms with van der Waals surface area (Å²) in [5.41, 5.74) is 2.49. The van der Waals surface area contributed by atoms with E-state index in [1.807, 2.05) is 0 Å². The second-order valence-corrected chi connectivity index (χ2v) is 6.69. The van der Waals surface area contributed by atoms with Crippen molar-refractivity contribution in [2.24, 2.45) is 0 Å². The number of aromatic amines is 2. The zero-order valence-electron chi connectivity index (χ0n) is 17.4. The maximum absolute atomic E-state index is 12.1. The molecule has 0 radical (unpaired) electrons. The Hall–Kier alpha value is -3.56. The second kappa shape index (κ2) is 10.3. The molecule has 162 valence electrons. The van der Waals surface area contributed by atoms with Gasteiger partial charge in [0.05, 0.1) is 25.6 Å². The number of H-pyrrole nitrogens is 2. The van der Waals surface area contributed by atoms with Crippen LogP contribution in [0.15, 0.2) is 12.4 Å². The predicted octanol–water partition coefficient (Wildman–Crippen LogP) is 2.67. The number of rotatable bonds is 9. The van der Waals surface area contributed by atoms with Crippen molar-refractivity contribution < 1.29 is 28.7 Å². The molecule has 2 rings (SSSR count). The van der Waals surface area contributed by atoms with Crippen LogP contribution >= 0.6 is 0 Å². The number of hydrogen-bond donors (Lipinski definition) is 4. The van der Waals surface area contributed by atoms with Crippen molar-refractivity contribution in [3.63, 3.8) is 0 Å². The summed E-state index contributed by atoms with van der Waals surface area (Å²) < 4.78 is 9.43. The number of methoxy groups -OCH3 is 2. The molecular formula is C20H26N4O6. The monoisotopic (exact) mass is 418 g/mol. The average Bonchev–Trinajstić information content (AvgIpc) is 3.26. The molecule has 0 saturated carbocycles. The van der Waals surface area contributed by atoms with Crippen LogP contribution in [0.2, 0.25) is 0 Å². The molecule has 0 saturated heterocycles. The number of carbonyl (C=O) groups excluding carboxylic acids is 4. The fourth-order valence-electron chi connectivity index (χ4n) is 2.98. The van der Waals surface area contributed by atoms with E-state index in [-0.39, 0.29) is 35.8 Å². The first kappa shape index (κ1) is 22.7. The number of amides is 2. The second-order valence-electron chi connectivity index (χ2n) is 6.69. The van der Waals surface area contributed by atoms with E-state index in [1.54, 1.807) is 13.8 Å². The minimum atomic E-state index is -0.535. The van der Waals surface area contributed by atoms with Crippen LogP contribution in [0, 0.1) is 13.8 Å². The van der Waals surface area contributed by atoms with E-state index in [0.717, 1.165) is 0 Å². The van der Waals surface area contributed by atoms with Gasteiger partial charge in [0.2, 0.25) is 11.8 Å². The van der Waals surface area contributed by atoms with Gasteiger partial charge in [0, 0.05) is 36.6 Å². The van der Waals surface area contributed by atoms with Crippen molar-refractivity contribution in [2.75, 3.05) is 24.9 Å². The van der Waals surface area contributed by atoms with Crippen LogP contribution in [0.3, 0.4) is 0 Å². The number of nitrogens with one attached hydrogen (secondary N) is 4. The normalized spacial score (nSPS) is 10.4. The molecule has 0 aliphatic carbocycles. The largest absolute Gasteiger partial charge is 0.465 e. The number of unbranched alkanes of at least 4 members (excludes halogenated alkanes) is 1. The van der Waals surface area contributed by atoms with Crippen LogP contribution in [0.4, 0.5) is 11.4 Å². The van der Waals surface area contributed by atoms with Gasteiger partial charge in [-0.3, -0.25) is 9.59 Å². The molecule has 0 spiro atoms. The van der Waals surface area contributed by atoms with E-state index >= 15 is 0 Å². The summed E-state index contributed by atoms with van der Waals surface area (Å²) in [6, 6.07) is 0. The lowest BCUT2D eigenvalue weighted by molar-refractivity contribution is -0.118. The third-order valence-corrected chi connectivity index (χ3v) is 4.54. The van der Waals surface area contributed by atoms with E-state index in [0.29, 0.717) is 35.6 Å². The Kier molecular flexibility index (Phi) is 7.79. The molecule has 0 atom stereocenters. The van der Waals surface area contributed by atoms with Crippen LogP contribution < -0.4 is 10.6 Å². The minimum Gasteiger partial charge on any atom is -0.465 e. The summed E-state index contributed by atoms with van der Waals surface area (Å²) in [4.78, 5) is 53.6. The Labute approximate surface area is 173 Å². The molecule has 2 aromatic heterocycles. The lowest BCUT2D eigenvalue weighted by Gasteiger charge is -2.07. The fraction of sp³-hybridized carbons (Fsp3) is 0.400. The minimum absolute atomic E-state index is 0.189. The lowest BCUT2D eigenvalue weighted by atomic mass is 10.1. The van der Waals surface area contributed by atoms with E-state index in [1.165, 1.54) is 26.6 Å². The molecule has 2 amide bonds. The van der Waals surface area contributed by atoms with Gasteiger partial charge in [0.1, 0.15) is 11.1 Å². The highest BCUT2D eigenvalue weighted by Crippen LogP contribution is 2.22. The summed E-state index contributed by atoms with van der Waals surface area (Å²) in [6.45, 7) is 3.41. The highest BCUT2D eigenvalue weighted by Gasteiger charge is 2.19. The summed E-state index contributed by atoms with van der Waals surface area (Å²) in [5.74, 6) is -1.61. The van der Waals surface area contributed by atoms with Crippen molar-refractivity contribution in [3.8, 4) is 0 Å². The number of aryl methyl sites for hydroxylation is 2. The van der Waals surface area contributed by atoms with Gasteiger partial charge in [-0.05, 0) is 26.7 Å². The van der Waals surface area contributed by atoms with E-state index in [2.05, 4.69) is 20.6 Å². The van der Waals surface area contributed by atoms with Crippen LogP contribution in [0.1, 0.15) is 57.8 Å². The SMILES string of the molecule is COC(=O)c1c(NC(=O)CCCCC(=O)Nc2c[nH]c(C)c2C(=O)OC)c[nH]c1C. The maximum Gasteiger partial charge on any atom is 0.341 e. The highest BCUT2D eigenvalue weighted by molar-refractivity contribution is 6.03. The van der Waals surface area contributed by atoms with Crippen LogP contribution in [-0.2, 0) is 19.1 Å². The topological polar surface area (TPSA) is 142 Å². The van der Waals surface area contributed by atoms with Crippen LogP contribution in [0.25, 0.3) is 0 Å². The quantitative estimate of drug-likeness (QED) is 0.364. The number of anilines is 2. The van der Waals surface area contributed by atoms with Crippen molar-refractivity contribution in [3.05, 3.63) is 34.9 Å². The molecule has 0 aliphatic heterocycles. The standard InChI is InChI=1S/C20H26N4O6/c1-11-17(19(27)29-3)13(9-21-11)23-15(25)7-5-6-8-16(26)24-14-10-22-12(2)18(14)20(28)30-4/h9-10,21-22H,5-8H2,1-4H3,(H,23,25)(H,24,26). The van der Waals surface area contributed by atoms with Gasteiger partial charge in [-0.25, -0.2) is 9.59 Å². The van der Waals surface area contributed by atoms with Gasteiger partial charge in [0.15, 0.2) is 0 Å². The van der Waals surface area contributed by atoms with Crippen molar-refractivity contribution in [2.45, 2.75) is 39.5 Å². The molecule has 2 aromatic rings. The molecule has 10 nitrogen and oxygen atoms in total. The zero-order chi connectivity index (χ0) is 22.3. The first-order valence-electron chi connectivity index (χ1n) is 9.40. The maximum atomic E-state index is 12.1. The molecule has 30 heavy (non-hydrogen) atoms. The Balaban J connectivity index is 1.79. The van der Waals surface area contributed by atoms with Crippen molar-refractivity contribution in [1.82, 2.24) is 9.97 Å². The van der Waals surface area contributed by atoms with Crippen LogP contribution in [0.5, 0.6) is 0 Å². The number of hydrogen-bond acceptors (Lipinski definition) is 6. The third kappa shape index (κ3) is 5.49. The first-order chi connectivity index (χ1) is 14.3. The van der Waals surface area contributed by atoms with Gasteiger partial charge in [-0.2, -0.15) is 0 Å². The molecule has 0 fully saturated rings. The molecule has 2 heterocycles. The van der Waals surface area contributed by atoms with Gasteiger partial charge >= 0.3 is 11.9 Å².